The second-order valence-electron chi connectivity index (χ2n) is 3.90. The third-order valence-electron chi connectivity index (χ3n) is 3.01. The molecule has 1 aliphatic carbocycles. The zero-order valence-electron chi connectivity index (χ0n) is 8.53. The molecule has 14 heavy (non-hydrogen) atoms. The van der Waals surface area contributed by atoms with Crippen LogP contribution in [0.25, 0.3) is 0 Å². The van der Waals surface area contributed by atoms with Gasteiger partial charge in [-0.05, 0) is 18.8 Å². The lowest BCUT2D eigenvalue weighted by Crippen LogP contribution is -2.38. The number of aliphatic carboxylic acids is 1. The first-order valence-electron chi connectivity index (χ1n) is 4.88. The molecule has 1 aliphatic rings. The molecule has 1 N–H and O–H groups in total. The van der Waals surface area contributed by atoms with Gasteiger partial charge in [0, 0.05) is 0 Å². The van der Waals surface area contributed by atoms with Crippen molar-refractivity contribution in [1.29, 1.82) is 0 Å². The first-order chi connectivity index (χ1) is 6.57. The number of carboxylic acid groups (broad SMARTS) is 1. The number of hydrogen-bond donors (Lipinski definition) is 1. The largest absolute Gasteiger partial charge is 0.481 e. The maximum atomic E-state index is 11.4. The summed E-state index contributed by atoms with van der Waals surface area (Å²) >= 11 is 0. The van der Waals surface area contributed by atoms with Gasteiger partial charge in [-0.2, -0.15) is 0 Å². The van der Waals surface area contributed by atoms with Crippen molar-refractivity contribution in [2.24, 2.45) is 17.8 Å². The minimum Gasteiger partial charge on any atom is -0.481 e. The SMILES string of the molecule is COC(=O)C1C(C)CCCC1C(=O)O. The molecule has 0 amide bonds. The van der Waals surface area contributed by atoms with Gasteiger partial charge >= 0.3 is 11.9 Å². The summed E-state index contributed by atoms with van der Waals surface area (Å²) in [7, 11) is 1.31. The monoisotopic (exact) mass is 200 g/mol. The Hall–Kier alpha value is -1.06. The molecule has 0 aromatic carbocycles. The highest BCUT2D eigenvalue weighted by Crippen LogP contribution is 2.35. The van der Waals surface area contributed by atoms with Crippen molar-refractivity contribution in [2.75, 3.05) is 7.11 Å². The van der Waals surface area contributed by atoms with Crippen molar-refractivity contribution in [1.82, 2.24) is 0 Å². The Morgan fingerprint density at radius 1 is 1.36 bits per heavy atom. The van der Waals surface area contributed by atoms with Crippen LogP contribution < -0.4 is 0 Å². The van der Waals surface area contributed by atoms with Gasteiger partial charge in [0.15, 0.2) is 0 Å². The minimum absolute atomic E-state index is 0.109. The van der Waals surface area contributed by atoms with Crippen molar-refractivity contribution in [3.05, 3.63) is 0 Å². The lowest BCUT2D eigenvalue weighted by atomic mass is 9.73. The van der Waals surface area contributed by atoms with Crippen LogP contribution in [0.2, 0.25) is 0 Å². The van der Waals surface area contributed by atoms with E-state index in [9.17, 15) is 9.59 Å². The van der Waals surface area contributed by atoms with Gasteiger partial charge in [0.05, 0.1) is 18.9 Å². The quantitative estimate of drug-likeness (QED) is 0.682. The van der Waals surface area contributed by atoms with Gasteiger partial charge in [0.25, 0.3) is 0 Å². The van der Waals surface area contributed by atoms with E-state index in [1.54, 1.807) is 0 Å². The fourth-order valence-electron chi connectivity index (χ4n) is 2.23. The highest BCUT2D eigenvalue weighted by Gasteiger charge is 2.40. The van der Waals surface area contributed by atoms with Crippen molar-refractivity contribution in [3.63, 3.8) is 0 Å². The van der Waals surface area contributed by atoms with E-state index in [4.69, 9.17) is 5.11 Å². The molecule has 3 unspecified atom stereocenters. The first kappa shape index (κ1) is 11.0. The van der Waals surface area contributed by atoms with Crippen LogP contribution in [0, 0.1) is 17.8 Å². The van der Waals surface area contributed by atoms with Gasteiger partial charge in [0.1, 0.15) is 0 Å². The summed E-state index contributed by atoms with van der Waals surface area (Å²) in [5, 5.41) is 8.96. The number of esters is 1. The molecule has 0 spiro atoms. The Bertz CT molecular complexity index is 236. The van der Waals surface area contributed by atoms with Gasteiger partial charge in [-0.15, -0.1) is 0 Å². The highest BCUT2D eigenvalue weighted by molar-refractivity contribution is 5.81. The van der Waals surface area contributed by atoms with Crippen LogP contribution in [0.15, 0.2) is 0 Å². The lowest BCUT2D eigenvalue weighted by Gasteiger charge is -2.31. The van der Waals surface area contributed by atoms with E-state index in [1.807, 2.05) is 6.92 Å². The topological polar surface area (TPSA) is 63.6 Å². The molecule has 0 aromatic rings. The molecule has 0 aromatic heterocycles. The standard InChI is InChI=1S/C10H16O4/c1-6-4-3-5-7(9(11)12)8(6)10(13)14-2/h6-8H,3-5H2,1-2H3,(H,11,12). The van der Waals surface area contributed by atoms with Crippen LogP contribution in [-0.4, -0.2) is 24.2 Å². The summed E-state index contributed by atoms with van der Waals surface area (Å²) in [6.45, 7) is 1.91. The molecule has 1 fully saturated rings. The van der Waals surface area contributed by atoms with Crippen molar-refractivity contribution < 1.29 is 19.4 Å². The molecule has 0 bridgehead atoms. The van der Waals surface area contributed by atoms with Gasteiger partial charge < -0.3 is 9.84 Å². The molecule has 0 radical (unpaired) electrons. The number of methoxy groups -OCH3 is 1. The zero-order valence-corrected chi connectivity index (χ0v) is 8.53. The summed E-state index contributed by atoms with van der Waals surface area (Å²) in [6.07, 6.45) is 2.37. The Labute approximate surface area is 83.2 Å². The van der Waals surface area contributed by atoms with E-state index < -0.39 is 17.8 Å². The Balaban J connectivity index is 2.81. The molecule has 0 heterocycles. The summed E-state index contributed by atoms with van der Waals surface area (Å²) in [5.41, 5.74) is 0. The number of rotatable bonds is 2. The van der Waals surface area contributed by atoms with Crippen LogP contribution in [0.5, 0.6) is 0 Å². The molecule has 1 saturated carbocycles. The first-order valence-corrected chi connectivity index (χ1v) is 4.88. The number of carboxylic acids is 1. The normalized spacial score (nSPS) is 32.3. The highest BCUT2D eigenvalue weighted by atomic mass is 16.5. The van der Waals surface area contributed by atoms with Crippen molar-refractivity contribution >= 4 is 11.9 Å². The Kier molecular flexibility index (Phi) is 3.49. The number of carbonyl (C=O) groups is 2. The average molecular weight is 200 g/mol. The minimum atomic E-state index is -0.882. The lowest BCUT2D eigenvalue weighted by molar-refractivity contribution is -0.160. The third-order valence-corrected chi connectivity index (χ3v) is 3.01. The molecule has 0 aliphatic heterocycles. The molecule has 0 saturated heterocycles. The smallest absolute Gasteiger partial charge is 0.309 e. The molecular formula is C10H16O4. The van der Waals surface area contributed by atoms with Crippen LogP contribution in [-0.2, 0) is 14.3 Å². The maximum absolute atomic E-state index is 11.4. The number of ether oxygens (including phenoxy) is 1. The molecule has 1 rings (SSSR count). The van der Waals surface area contributed by atoms with E-state index in [0.29, 0.717) is 6.42 Å². The average Bonchev–Trinajstić information content (AvgIpc) is 2.16. The van der Waals surface area contributed by atoms with Crippen LogP contribution in [0.4, 0.5) is 0 Å². The zero-order chi connectivity index (χ0) is 10.7. The fourth-order valence-corrected chi connectivity index (χ4v) is 2.23. The van der Waals surface area contributed by atoms with E-state index in [1.165, 1.54) is 7.11 Å². The second kappa shape index (κ2) is 4.44. The summed E-state index contributed by atoms with van der Waals surface area (Å²) in [6, 6.07) is 0. The summed E-state index contributed by atoms with van der Waals surface area (Å²) in [5.74, 6) is -2.19. The van der Waals surface area contributed by atoms with Gasteiger partial charge in [-0.1, -0.05) is 13.3 Å². The fraction of sp³-hybridized carbons (Fsp3) is 0.800. The van der Waals surface area contributed by atoms with E-state index in [0.717, 1.165) is 12.8 Å². The van der Waals surface area contributed by atoms with Crippen LogP contribution in [0.3, 0.4) is 0 Å². The van der Waals surface area contributed by atoms with E-state index >= 15 is 0 Å². The van der Waals surface area contributed by atoms with Crippen LogP contribution >= 0.6 is 0 Å². The molecule has 80 valence electrons. The number of hydrogen-bond acceptors (Lipinski definition) is 3. The van der Waals surface area contributed by atoms with Crippen LogP contribution in [0.1, 0.15) is 26.2 Å². The maximum Gasteiger partial charge on any atom is 0.309 e. The van der Waals surface area contributed by atoms with Gasteiger partial charge in [0.2, 0.25) is 0 Å². The third kappa shape index (κ3) is 2.05. The second-order valence-corrected chi connectivity index (χ2v) is 3.90. The van der Waals surface area contributed by atoms with E-state index in [-0.39, 0.29) is 11.9 Å². The predicted octanol–water partition coefficient (Wildman–Crippen LogP) is 1.30. The van der Waals surface area contributed by atoms with Crippen molar-refractivity contribution in [2.45, 2.75) is 26.2 Å². The number of carbonyl (C=O) groups excluding carboxylic acids is 1. The van der Waals surface area contributed by atoms with Gasteiger partial charge in [-0.25, -0.2) is 0 Å². The summed E-state index contributed by atoms with van der Waals surface area (Å²) in [4.78, 5) is 22.3. The van der Waals surface area contributed by atoms with E-state index in [2.05, 4.69) is 4.74 Å². The predicted molar refractivity (Wildman–Crippen MR) is 49.6 cm³/mol. The summed E-state index contributed by atoms with van der Waals surface area (Å²) < 4.78 is 4.64. The van der Waals surface area contributed by atoms with Crippen molar-refractivity contribution in [3.8, 4) is 0 Å². The molecule has 3 atom stereocenters. The molecule has 4 nitrogen and oxygen atoms in total. The Morgan fingerprint density at radius 3 is 2.50 bits per heavy atom. The molecular weight excluding hydrogens is 184 g/mol. The van der Waals surface area contributed by atoms with Gasteiger partial charge in [-0.3, -0.25) is 9.59 Å². The molecule has 4 heteroatoms. The Morgan fingerprint density at radius 2 is 2.00 bits per heavy atom.